The van der Waals surface area contributed by atoms with Crippen molar-refractivity contribution in [3.8, 4) is 11.4 Å². The van der Waals surface area contributed by atoms with Crippen molar-refractivity contribution in [2.45, 2.75) is 17.9 Å². The third-order valence-corrected chi connectivity index (χ3v) is 5.17. The molecular formula is C18H16ClF3N4O2S. The standard InChI is InChI=1S/C18H16ClF3N4O2S/c1-25-16(12-4-6-13(19)7-5-12)23-24-17(25)29-10-15(27)26(11-18(20,21)22)9-14-3-2-8-28-14/h2-8H,9-11H2,1H3. The van der Waals surface area contributed by atoms with Gasteiger partial charge in [0, 0.05) is 17.6 Å². The second-order valence-electron chi connectivity index (χ2n) is 6.11. The van der Waals surface area contributed by atoms with Crippen LogP contribution < -0.4 is 0 Å². The zero-order valence-electron chi connectivity index (χ0n) is 15.2. The normalized spacial score (nSPS) is 11.6. The summed E-state index contributed by atoms with van der Waals surface area (Å²) < 4.78 is 45.4. The minimum atomic E-state index is -4.51. The molecule has 2 heterocycles. The molecule has 0 atom stereocenters. The van der Waals surface area contributed by atoms with Crippen molar-refractivity contribution >= 4 is 29.3 Å². The third kappa shape index (κ3) is 5.77. The van der Waals surface area contributed by atoms with Crippen LogP contribution in [0.4, 0.5) is 13.2 Å². The lowest BCUT2D eigenvalue weighted by Gasteiger charge is -2.22. The first kappa shape index (κ1) is 21.3. The fourth-order valence-corrected chi connectivity index (χ4v) is 3.49. The molecule has 0 N–H and O–H groups in total. The molecule has 6 nitrogen and oxygen atoms in total. The summed E-state index contributed by atoms with van der Waals surface area (Å²) in [5.74, 6) is -0.0704. The van der Waals surface area contributed by atoms with Crippen LogP contribution in [-0.2, 0) is 18.4 Å². The first-order valence-electron chi connectivity index (χ1n) is 8.38. The first-order chi connectivity index (χ1) is 13.7. The Hall–Kier alpha value is -2.46. The fraction of sp³-hybridized carbons (Fsp3) is 0.278. The molecule has 0 aliphatic heterocycles. The van der Waals surface area contributed by atoms with Crippen LogP contribution in [0.3, 0.4) is 0 Å². The number of aromatic nitrogens is 3. The smallest absolute Gasteiger partial charge is 0.406 e. The van der Waals surface area contributed by atoms with Crippen molar-refractivity contribution in [1.82, 2.24) is 19.7 Å². The molecule has 1 aromatic carbocycles. The zero-order chi connectivity index (χ0) is 21.0. The molecule has 0 saturated heterocycles. The Morgan fingerprint density at radius 2 is 1.97 bits per heavy atom. The van der Waals surface area contributed by atoms with Crippen molar-refractivity contribution in [2.75, 3.05) is 12.3 Å². The SMILES string of the molecule is Cn1c(SCC(=O)N(Cc2ccco2)CC(F)(F)F)nnc1-c1ccc(Cl)cc1. The van der Waals surface area contributed by atoms with E-state index in [1.165, 1.54) is 12.3 Å². The number of furan rings is 1. The average Bonchev–Trinajstić information content (AvgIpc) is 3.29. The molecule has 2 aromatic heterocycles. The molecular weight excluding hydrogens is 429 g/mol. The van der Waals surface area contributed by atoms with Gasteiger partial charge in [0.15, 0.2) is 11.0 Å². The van der Waals surface area contributed by atoms with Gasteiger partial charge in [0.2, 0.25) is 5.91 Å². The number of carbonyl (C=O) groups is 1. The van der Waals surface area contributed by atoms with Crippen LogP contribution in [0.5, 0.6) is 0 Å². The predicted molar refractivity (Wildman–Crippen MR) is 102 cm³/mol. The molecule has 3 aromatic rings. The van der Waals surface area contributed by atoms with E-state index in [0.717, 1.165) is 17.3 Å². The Labute approximate surface area is 173 Å². The molecule has 0 aliphatic carbocycles. The highest BCUT2D eigenvalue weighted by Crippen LogP contribution is 2.25. The number of hydrogen-bond acceptors (Lipinski definition) is 5. The molecule has 0 spiro atoms. The highest BCUT2D eigenvalue weighted by Gasteiger charge is 2.33. The van der Waals surface area contributed by atoms with Crippen LogP contribution in [-0.4, -0.2) is 44.0 Å². The van der Waals surface area contributed by atoms with Gasteiger partial charge in [-0.05, 0) is 36.4 Å². The summed E-state index contributed by atoms with van der Waals surface area (Å²) in [7, 11) is 1.72. The fourth-order valence-electron chi connectivity index (χ4n) is 2.55. The number of hydrogen-bond donors (Lipinski definition) is 0. The van der Waals surface area contributed by atoms with E-state index in [9.17, 15) is 18.0 Å². The van der Waals surface area contributed by atoms with Crippen molar-refractivity contribution < 1.29 is 22.4 Å². The molecule has 0 fully saturated rings. The van der Waals surface area contributed by atoms with E-state index in [4.69, 9.17) is 16.0 Å². The largest absolute Gasteiger partial charge is 0.467 e. The molecule has 0 radical (unpaired) electrons. The number of amides is 1. The maximum atomic E-state index is 12.9. The Balaban J connectivity index is 1.68. The van der Waals surface area contributed by atoms with Gasteiger partial charge in [-0.15, -0.1) is 10.2 Å². The van der Waals surface area contributed by atoms with Crippen LogP contribution in [0.1, 0.15) is 5.76 Å². The molecule has 11 heteroatoms. The monoisotopic (exact) mass is 444 g/mol. The lowest BCUT2D eigenvalue weighted by Crippen LogP contribution is -2.39. The minimum Gasteiger partial charge on any atom is -0.467 e. The maximum absolute atomic E-state index is 12.9. The van der Waals surface area contributed by atoms with E-state index < -0.39 is 18.6 Å². The molecule has 0 saturated carbocycles. The average molecular weight is 445 g/mol. The summed E-state index contributed by atoms with van der Waals surface area (Å²) in [4.78, 5) is 13.1. The van der Waals surface area contributed by atoms with Gasteiger partial charge >= 0.3 is 6.18 Å². The van der Waals surface area contributed by atoms with Crippen LogP contribution >= 0.6 is 23.4 Å². The summed E-state index contributed by atoms with van der Waals surface area (Å²) in [6.07, 6.45) is -3.17. The highest BCUT2D eigenvalue weighted by molar-refractivity contribution is 7.99. The van der Waals surface area contributed by atoms with Gasteiger partial charge in [0.1, 0.15) is 12.3 Å². The lowest BCUT2D eigenvalue weighted by molar-refractivity contribution is -0.161. The summed E-state index contributed by atoms with van der Waals surface area (Å²) in [5, 5.41) is 9.11. The van der Waals surface area contributed by atoms with Gasteiger partial charge < -0.3 is 13.9 Å². The Bertz CT molecular complexity index is 959. The van der Waals surface area contributed by atoms with E-state index in [1.54, 1.807) is 41.9 Å². The highest BCUT2D eigenvalue weighted by atomic mass is 35.5. The molecule has 0 aliphatic rings. The van der Waals surface area contributed by atoms with Crippen molar-refractivity contribution in [3.05, 3.63) is 53.4 Å². The molecule has 154 valence electrons. The van der Waals surface area contributed by atoms with Gasteiger partial charge in [-0.3, -0.25) is 4.79 Å². The van der Waals surface area contributed by atoms with Crippen molar-refractivity contribution in [1.29, 1.82) is 0 Å². The number of benzene rings is 1. The van der Waals surface area contributed by atoms with Crippen molar-refractivity contribution in [3.63, 3.8) is 0 Å². The lowest BCUT2D eigenvalue weighted by atomic mass is 10.2. The number of thioether (sulfide) groups is 1. The quantitative estimate of drug-likeness (QED) is 0.505. The minimum absolute atomic E-state index is 0.219. The topological polar surface area (TPSA) is 64.2 Å². The third-order valence-electron chi connectivity index (χ3n) is 3.91. The van der Waals surface area contributed by atoms with Crippen LogP contribution in [0.15, 0.2) is 52.2 Å². The van der Waals surface area contributed by atoms with Crippen LogP contribution in [0, 0.1) is 0 Å². The summed E-state index contributed by atoms with van der Waals surface area (Å²) in [6.45, 7) is -1.62. The van der Waals surface area contributed by atoms with Crippen LogP contribution in [0.25, 0.3) is 11.4 Å². The molecule has 29 heavy (non-hydrogen) atoms. The number of rotatable bonds is 7. The number of nitrogens with zero attached hydrogens (tertiary/aromatic N) is 4. The van der Waals surface area contributed by atoms with Gasteiger partial charge in [-0.2, -0.15) is 13.2 Å². The first-order valence-corrected chi connectivity index (χ1v) is 9.74. The Morgan fingerprint density at radius 3 is 2.59 bits per heavy atom. The summed E-state index contributed by atoms with van der Waals surface area (Å²) in [5.41, 5.74) is 0.777. The number of carbonyl (C=O) groups excluding carboxylic acids is 1. The van der Waals surface area contributed by atoms with E-state index in [2.05, 4.69) is 10.2 Å². The van der Waals surface area contributed by atoms with Gasteiger partial charge in [0.05, 0.1) is 18.6 Å². The Kier molecular flexibility index (Phi) is 6.53. The second-order valence-corrected chi connectivity index (χ2v) is 7.48. The maximum Gasteiger partial charge on any atom is 0.406 e. The summed E-state index contributed by atoms with van der Waals surface area (Å²) >= 11 is 6.89. The zero-order valence-corrected chi connectivity index (χ0v) is 16.8. The molecule has 1 amide bonds. The van der Waals surface area contributed by atoms with Crippen molar-refractivity contribution in [2.24, 2.45) is 7.05 Å². The van der Waals surface area contributed by atoms with Gasteiger partial charge in [-0.1, -0.05) is 23.4 Å². The van der Waals surface area contributed by atoms with E-state index in [0.29, 0.717) is 20.9 Å². The second kappa shape index (κ2) is 8.91. The number of alkyl halides is 3. The molecule has 0 unspecified atom stereocenters. The van der Waals surface area contributed by atoms with Gasteiger partial charge in [-0.25, -0.2) is 0 Å². The molecule has 0 bridgehead atoms. The van der Waals surface area contributed by atoms with Crippen LogP contribution in [0.2, 0.25) is 5.02 Å². The number of halogens is 4. The molecule has 3 rings (SSSR count). The summed E-state index contributed by atoms with van der Waals surface area (Å²) in [6, 6.07) is 10.1. The van der Waals surface area contributed by atoms with E-state index >= 15 is 0 Å². The van der Waals surface area contributed by atoms with E-state index in [1.807, 2.05) is 0 Å². The predicted octanol–water partition coefficient (Wildman–Crippen LogP) is 4.41. The van der Waals surface area contributed by atoms with E-state index in [-0.39, 0.29) is 18.1 Å². The van der Waals surface area contributed by atoms with Gasteiger partial charge in [0.25, 0.3) is 0 Å². The Morgan fingerprint density at radius 1 is 1.24 bits per heavy atom.